The molecule has 66 valence electrons. The molecule has 1 aromatic rings. The fraction of sp³-hybridized carbons (Fsp3) is 0.333. The summed E-state index contributed by atoms with van der Waals surface area (Å²) in [7, 11) is 0. The van der Waals surface area contributed by atoms with Crippen LogP contribution in [0.1, 0.15) is 12.5 Å². The fourth-order valence-electron chi connectivity index (χ4n) is 0.962. The second-order valence-electron chi connectivity index (χ2n) is 3.13. The quantitative estimate of drug-likeness (QED) is 0.691. The number of nitrogens with two attached hydrogens (primary N) is 2. The molecular weight excluding hydrogens is 155 g/mol. The molecule has 12 heavy (non-hydrogen) atoms. The van der Waals surface area contributed by atoms with E-state index in [-0.39, 0.29) is 5.82 Å². The SMILES string of the molecule is CC(N)(CN)c1cccc(F)c1. The zero-order valence-corrected chi connectivity index (χ0v) is 7.05. The van der Waals surface area contributed by atoms with Gasteiger partial charge in [0.25, 0.3) is 0 Å². The molecule has 0 aliphatic rings. The van der Waals surface area contributed by atoms with Gasteiger partial charge in [-0.15, -0.1) is 0 Å². The molecule has 4 N–H and O–H groups in total. The molecule has 1 rings (SSSR count). The molecule has 0 aliphatic heterocycles. The first kappa shape index (κ1) is 9.16. The van der Waals surface area contributed by atoms with Crippen LogP contribution in [0.2, 0.25) is 0 Å². The Morgan fingerprint density at radius 1 is 1.50 bits per heavy atom. The van der Waals surface area contributed by atoms with Crippen LogP contribution in [0.5, 0.6) is 0 Å². The van der Waals surface area contributed by atoms with E-state index in [2.05, 4.69) is 0 Å². The fourth-order valence-corrected chi connectivity index (χ4v) is 0.962. The van der Waals surface area contributed by atoms with E-state index in [1.54, 1.807) is 19.1 Å². The van der Waals surface area contributed by atoms with Gasteiger partial charge in [0.2, 0.25) is 0 Å². The molecule has 0 aliphatic carbocycles. The van der Waals surface area contributed by atoms with Gasteiger partial charge in [0.05, 0.1) is 5.54 Å². The first-order chi connectivity index (χ1) is 5.56. The summed E-state index contributed by atoms with van der Waals surface area (Å²) in [6.45, 7) is 2.08. The standard InChI is InChI=1S/C9H13FN2/c1-9(12,6-11)7-3-2-4-8(10)5-7/h2-5H,6,11-12H2,1H3. The van der Waals surface area contributed by atoms with Gasteiger partial charge in [-0.25, -0.2) is 4.39 Å². The lowest BCUT2D eigenvalue weighted by Crippen LogP contribution is -2.40. The monoisotopic (exact) mass is 168 g/mol. The van der Waals surface area contributed by atoms with Crippen molar-refractivity contribution in [2.24, 2.45) is 11.5 Å². The largest absolute Gasteiger partial charge is 0.328 e. The van der Waals surface area contributed by atoms with Crippen LogP contribution in [0.15, 0.2) is 24.3 Å². The highest BCUT2D eigenvalue weighted by Gasteiger charge is 2.18. The molecule has 1 unspecified atom stereocenters. The highest BCUT2D eigenvalue weighted by molar-refractivity contribution is 5.24. The zero-order valence-electron chi connectivity index (χ0n) is 7.05. The first-order valence-corrected chi connectivity index (χ1v) is 3.81. The van der Waals surface area contributed by atoms with Gasteiger partial charge in [0, 0.05) is 6.54 Å². The van der Waals surface area contributed by atoms with Crippen LogP contribution in [-0.4, -0.2) is 6.54 Å². The third kappa shape index (κ3) is 1.81. The Morgan fingerprint density at radius 2 is 2.17 bits per heavy atom. The second-order valence-corrected chi connectivity index (χ2v) is 3.13. The van der Waals surface area contributed by atoms with Crippen molar-refractivity contribution < 1.29 is 4.39 Å². The van der Waals surface area contributed by atoms with Gasteiger partial charge < -0.3 is 11.5 Å². The molecule has 0 bridgehead atoms. The van der Waals surface area contributed by atoms with Gasteiger partial charge in [0.1, 0.15) is 5.82 Å². The van der Waals surface area contributed by atoms with Crippen molar-refractivity contribution in [3.63, 3.8) is 0 Å². The number of benzene rings is 1. The average Bonchev–Trinajstić information content (AvgIpc) is 2.05. The Labute approximate surface area is 71.4 Å². The summed E-state index contributed by atoms with van der Waals surface area (Å²) < 4.78 is 12.7. The normalized spacial score (nSPS) is 15.7. The molecule has 1 atom stereocenters. The van der Waals surface area contributed by atoms with Crippen molar-refractivity contribution in [1.82, 2.24) is 0 Å². The van der Waals surface area contributed by atoms with Crippen LogP contribution in [0.3, 0.4) is 0 Å². The van der Waals surface area contributed by atoms with E-state index in [0.717, 1.165) is 5.56 Å². The first-order valence-electron chi connectivity index (χ1n) is 3.81. The molecule has 0 aromatic heterocycles. The van der Waals surface area contributed by atoms with Crippen LogP contribution in [0.4, 0.5) is 4.39 Å². The maximum absolute atomic E-state index is 12.7. The van der Waals surface area contributed by atoms with Crippen LogP contribution in [-0.2, 0) is 5.54 Å². The van der Waals surface area contributed by atoms with Crippen LogP contribution in [0, 0.1) is 5.82 Å². The molecule has 0 saturated heterocycles. The minimum Gasteiger partial charge on any atom is -0.328 e. The number of halogens is 1. The predicted octanol–water partition coefficient (Wildman–Crippen LogP) is 0.958. The van der Waals surface area contributed by atoms with E-state index >= 15 is 0 Å². The van der Waals surface area contributed by atoms with Gasteiger partial charge in [-0.2, -0.15) is 0 Å². The maximum atomic E-state index is 12.7. The summed E-state index contributed by atoms with van der Waals surface area (Å²) in [6, 6.07) is 6.20. The lowest BCUT2D eigenvalue weighted by molar-refractivity contribution is 0.502. The molecule has 0 heterocycles. The molecule has 0 spiro atoms. The van der Waals surface area contributed by atoms with Gasteiger partial charge >= 0.3 is 0 Å². The van der Waals surface area contributed by atoms with Crippen LogP contribution in [0.25, 0.3) is 0 Å². The number of rotatable bonds is 2. The second kappa shape index (κ2) is 3.21. The average molecular weight is 168 g/mol. The van der Waals surface area contributed by atoms with Crippen LogP contribution < -0.4 is 11.5 Å². The number of hydrogen-bond acceptors (Lipinski definition) is 2. The maximum Gasteiger partial charge on any atom is 0.123 e. The molecule has 3 heteroatoms. The van der Waals surface area contributed by atoms with Crippen molar-refractivity contribution in [3.05, 3.63) is 35.6 Å². The lowest BCUT2D eigenvalue weighted by atomic mass is 9.93. The molecule has 0 fully saturated rings. The minimum absolute atomic E-state index is 0.280. The van der Waals surface area contributed by atoms with E-state index in [1.165, 1.54) is 12.1 Å². The summed E-state index contributed by atoms with van der Waals surface area (Å²) in [5.41, 5.74) is 11.3. The topological polar surface area (TPSA) is 52.0 Å². The van der Waals surface area contributed by atoms with E-state index in [9.17, 15) is 4.39 Å². The van der Waals surface area contributed by atoms with E-state index in [1.807, 2.05) is 0 Å². The molecule has 0 amide bonds. The molecule has 1 aromatic carbocycles. The molecule has 0 radical (unpaired) electrons. The zero-order chi connectivity index (χ0) is 9.19. The van der Waals surface area contributed by atoms with Crippen molar-refractivity contribution >= 4 is 0 Å². The van der Waals surface area contributed by atoms with Crippen molar-refractivity contribution in [2.45, 2.75) is 12.5 Å². The minimum atomic E-state index is -0.637. The van der Waals surface area contributed by atoms with E-state index in [4.69, 9.17) is 11.5 Å². The van der Waals surface area contributed by atoms with Gasteiger partial charge in [-0.05, 0) is 24.6 Å². The Hall–Kier alpha value is -0.930. The van der Waals surface area contributed by atoms with E-state index in [0.29, 0.717) is 6.54 Å². The third-order valence-electron chi connectivity index (χ3n) is 1.91. The highest BCUT2D eigenvalue weighted by Crippen LogP contribution is 2.16. The predicted molar refractivity (Wildman–Crippen MR) is 47.0 cm³/mol. The molecular formula is C9H13FN2. The summed E-state index contributed by atoms with van der Waals surface area (Å²) in [5.74, 6) is -0.280. The Balaban J connectivity index is 3.03. The highest BCUT2D eigenvalue weighted by atomic mass is 19.1. The lowest BCUT2D eigenvalue weighted by Gasteiger charge is -2.22. The molecule has 0 saturated carbocycles. The third-order valence-corrected chi connectivity index (χ3v) is 1.91. The van der Waals surface area contributed by atoms with Gasteiger partial charge in [-0.1, -0.05) is 12.1 Å². The van der Waals surface area contributed by atoms with E-state index < -0.39 is 5.54 Å². The van der Waals surface area contributed by atoms with Crippen molar-refractivity contribution in [1.29, 1.82) is 0 Å². The summed E-state index contributed by atoms with van der Waals surface area (Å²) in [6.07, 6.45) is 0. The summed E-state index contributed by atoms with van der Waals surface area (Å²) in [5, 5.41) is 0. The Kier molecular flexibility index (Phi) is 2.45. The van der Waals surface area contributed by atoms with Crippen molar-refractivity contribution in [3.8, 4) is 0 Å². The van der Waals surface area contributed by atoms with Crippen molar-refractivity contribution in [2.75, 3.05) is 6.54 Å². The van der Waals surface area contributed by atoms with Gasteiger partial charge in [0.15, 0.2) is 0 Å². The summed E-state index contributed by atoms with van der Waals surface area (Å²) in [4.78, 5) is 0. The molecule has 2 nitrogen and oxygen atoms in total. The summed E-state index contributed by atoms with van der Waals surface area (Å²) >= 11 is 0. The Morgan fingerprint density at radius 3 is 2.67 bits per heavy atom. The smallest absolute Gasteiger partial charge is 0.123 e. The Bertz CT molecular complexity index is 271. The van der Waals surface area contributed by atoms with Crippen LogP contribution >= 0.6 is 0 Å². The number of hydrogen-bond donors (Lipinski definition) is 2. The van der Waals surface area contributed by atoms with Gasteiger partial charge in [-0.3, -0.25) is 0 Å².